The molecule has 2 rings (SSSR count). The van der Waals surface area contributed by atoms with Crippen LogP contribution in [0.15, 0.2) is 22.7 Å². The third kappa shape index (κ3) is 4.05. The summed E-state index contributed by atoms with van der Waals surface area (Å²) in [4.78, 5) is 5.87. The highest BCUT2D eigenvalue weighted by Gasteiger charge is 2.19. The molecular formula is C16H21BrN2OS. The number of halogens is 1. The van der Waals surface area contributed by atoms with Crippen LogP contribution in [-0.2, 0) is 6.42 Å². The molecule has 0 fully saturated rings. The highest BCUT2D eigenvalue weighted by molar-refractivity contribution is 9.10. The summed E-state index contributed by atoms with van der Waals surface area (Å²) in [5.74, 6) is 0.931. The Bertz CT molecular complexity index is 612. The molecule has 1 heterocycles. The van der Waals surface area contributed by atoms with E-state index in [4.69, 9.17) is 4.74 Å². The predicted molar refractivity (Wildman–Crippen MR) is 92.4 cm³/mol. The summed E-state index contributed by atoms with van der Waals surface area (Å²) in [5.41, 5.74) is 2.32. The Balaban J connectivity index is 2.32. The van der Waals surface area contributed by atoms with E-state index in [-0.39, 0.29) is 6.04 Å². The number of hydrogen-bond acceptors (Lipinski definition) is 4. The van der Waals surface area contributed by atoms with Gasteiger partial charge in [-0.2, -0.15) is 0 Å². The lowest BCUT2D eigenvalue weighted by Gasteiger charge is -2.19. The van der Waals surface area contributed by atoms with Gasteiger partial charge in [-0.15, -0.1) is 11.3 Å². The van der Waals surface area contributed by atoms with Gasteiger partial charge in [0.15, 0.2) is 0 Å². The average Bonchev–Trinajstić information content (AvgIpc) is 2.77. The molecule has 0 bridgehead atoms. The molecule has 0 radical (unpaired) electrons. The first-order chi connectivity index (χ1) is 10.0. The molecule has 2 aromatic rings. The molecule has 1 N–H and O–H groups in total. The second kappa shape index (κ2) is 7.38. The molecule has 1 aromatic carbocycles. The summed E-state index contributed by atoms with van der Waals surface area (Å²) >= 11 is 5.32. The van der Waals surface area contributed by atoms with Crippen LogP contribution in [0.25, 0.3) is 0 Å². The molecular weight excluding hydrogens is 348 g/mol. The van der Waals surface area contributed by atoms with Crippen molar-refractivity contribution in [2.75, 3.05) is 13.7 Å². The van der Waals surface area contributed by atoms with E-state index in [0.717, 1.165) is 33.9 Å². The van der Waals surface area contributed by atoms with Crippen molar-refractivity contribution >= 4 is 27.3 Å². The largest absolute Gasteiger partial charge is 0.496 e. The van der Waals surface area contributed by atoms with Crippen molar-refractivity contribution < 1.29 is 4.74 Å². The molecule has 1 aromatic heterocycles. The first kappa shape index (κ1) is 16.5. The van der Waals surface area contributed by atoms with Crippen LogP contribution in [0.4, 0.5) is 0 Å². The van der Waals surface area contributed by atoms with Crippen molar-refractivity contribution in [2.24, 2.45) is 0 Å². The van der Waals surface area contributed by atoms with Crippen LogP contribution in [0.3, 0.4) is 0 Å². The molecule has 0 spiro atoms. The standard InChI is InChI=1S/C16H21BrN2OS/c1-5-18-14(16-10(2)19-11(3)21-16)9-12-8-13(17)6-7-15(12)20-4/h6-8,14,18H,5,9H2,1-4H3. The molecule has 3 nitrogen and oxygen atoms in total. The molecule has 114 valence electrons. The fraction of sp³-hybridized carbons (Fsp3) is 0.438. The van der Waals surface area contributed by atoms with Crippen LogP contribution in [0.5, 0.6) is 5.75 Å². The lowest BCUT2D eigenvalue weighted by molar-refractivity contribution is 0.405. The van der Waals surface area contributed by atoms with Crippen LogP contribution in [0.1, 0.15) is 34.1 Å². The van der Waals surface area contributed by atoms with E-state index >= 15 is 0 Å². The number of aromatic nitrogens is 1. The number of hydrogen-bond donors (Lipinski definition) is 1. The topological polar surface area (TPSA) is 34.1 Å². The number of ether oxygens (including phenoxy) is 1. The number of nitrogens with one attached hydrogen (secondary N) is 1. The van der Waals surface area contributed by atoms with Crippen LogP contribution < -0.4 is 10.1 Å². The van der Waals surface area contributed by atoms with E-state index in [0.29, 0.717) is 0 Å². The van der Waals surface area contributed by atoms with Crippen LogP contribution >= 0.6 is 27.3 Å². The SMILES string of the molecule is CCNC(Cc1cc(Br)ccc1OC)c1sc(C)nc1C. The van der Waals surface area contributed by atoms with E-state index in [1.165, 1.54) is 10.4 Å². The molecule has 5 heteroatoms. The zero-order valence-electron chi connectivity index (χ0n) is 12.9. The van der Waals surface area contributed by atoms with Crippen molar-refractivity contribution in [1.29, 1.82) is 0 Å². The summed E-state index contributed by atoms with van der Waals surface area (Å²) < 4.78 is 6.56. The Morgan fingerprint density at radius 1 is 1.38 bits per heavy atom. The van der Waals surface area contributed by atoms with Crippen molar-refractivity contribution in [3.05, 3.63) is 43.8 Å². The highest BCUT2D eigenvalue weighted by atomic mass is 79.9. The third-order valence-electron chi connectivity index (χ3n) is 3.37. The van der Waals surface area contributed by atoms with Gasteiger partial charge < -0.3 is 10.1 Å². The highest BCUT2D eigenvalue weighted by Crippen LogP contribution is 2.31. The summed E-state index contributed by atoms with van der Waals surface area (Å²) in [6.07, 6.45) is 0.888. The minimum absolute atomic E-state index is 0.268. The summed E-state index contributed by atoms with van der Waals surface area (Å²) in [6.45, 7) is 7.21. The first-order valence-corrected chi connectivity index (χ1v) is 8.65. The predicted octanol–water partition coefficient (Wildman–Crippen LogP) is 4.42. The Labute approximate surface area is 138 Å². The monoisotopic (exact) mass is 368 g/mol. The maximum absolute atomic E-state index is 5.49. The van der Waals surface area contributed by atoms with Gasteiger partial charge in [-0.05, 0) is 50.6 Å². The Kier molecular flexibility index (Phi) is 5.79. The van der Waals surface area contributed by atoms with Crippen molar-refractivity contribution in [1.82, 2.24) is 10.3 Å². The number of aryl methyl sites for hydroxylation is 2. The first-order valence-electron chi connectivity index (χ1n) is 7.04. The number of rotatable bonds is 6. The number of benzene rings is 1. The molecule has 0 saturated heterocycles. The number of methoxy groups -OCH3 is 1. The molecule has 0 amide bonds. The molecule has 0 aliphatic heterocycles. The quantitative estimate of drug-likeness (QED) is 0.818. The van der Waals surface area contributed by atoms with E-state index in [2.05, 4.69) is 53.1 Å². The van der Waals surface area contributed by atoms with Gasteiger partial charge in [0.2, 0.25) is 0 Å². The van der Waals surface area contributed by atoms with Gasteiger partial charge in [0.1, 0.15) is 5.75 Å². The fourth-order valence-corrected chi connectivity index (χ4v) is 3.91. The Morgan fingerprint density at radius 3 is 2.71 bits per heavy atom. The van der Waals surface area contributed by atoms with Gasteiger partial charge in [0.25, 0.3) is 0 Å². The van der Waals surface area contributed by atoms with Gasteiger partial charge in [0, 0.05) is 15.4 Å². The van der Waals surface area contributed by atoms with Gasteiger partial charge in [-0.25, -0.2) is 4.98 Å². The smallest absolute Gasteiger partial charge is 0.122 e. The lowest BCUT2D eigenvalue weighted by Crippen LogP contribution is -2.23. The number of nitrogens with zero attached hydrogens (tertiary/aromatic N) is 1. The van der Waals surface area contributed by atoms with E-state index in [1.807, 2.05) is 12.1 Å². The lowest BCUT2D eigenvalue weighted by atomic mass is 10.0. The van der Waals surface area contributed by atoms with Crippen LogP contribution in [0, 0.1) is 13.8 Å². The second-order valence-electron chi connectivity index (χ2n) is 4.95. The fourth-order valence-electron chi connectivity index (χ4n) is 2.50. The minimum Gasteiger partial charge on any atom is -0.496 e. The van der Waals surface area contributed by atoms with Gasteiger partial charge in [-0.1, -0.05) is 22.9 Å². The van der Waals surface area contributed by atoms with E-state index < -0.39 is 0 Å². The molecule has 1 atom stereocenters. The molecule has 1 unspecified atom stereocenters. The molecule has 0 saturated carbocycles. The summed E-state index contributed by atoms with van der Waals surface area (Å²) in [5, 5.41) is 4.69. The zero-order chi connectivity index (χ0) is 15.4. The van der Waals surface area contributed by atoms with Crippen LogP contribution in [-0.4, -0.2) is 18.6 Å². The minimum atomic E-state index is 0.268. The third-order valence-corrected chi connectivity index (χ3v) is 5.05. The maximum atomic E-state index is 5.49. The average molecular weight is 369 g/mol. The van der Waals surface area contributed by atoms with Crippen molar-refractivity contribution in [2.45, 2.75) is 33.2 Å². The number of likely N-dealkylation sites (N-methyl/N-ethyl adjacent to an activating group) is 1. The Hall–Kier alpha value is -0.910. The molecule has 0 aliphatic rings. The zero-order valence-corrected chi connectivity index (χ0v) is 15.3. The number of thiazole rings is 1. The second-order valence-corrected chi connectivity index (χ2v) is 7.10. The summed E-state index contributed by atoms with van der Waals surface area (Å²) in [6, 6.07) is 6.41. The normalized spacial score (nSPS) is 12.4. The van der Waals surface area contributed by atoms with E-state index in [1.54, 1.807) is 18.4 Å². The van der Waals surface area contributed by atoms with Gasteiger partial charge in [-0.3, -0.25) is 0 Å². The maximum Gasteiger partial charge on any atom is 0.122 e. The van der Waals surface area contributed by atoms with Crippen molar-refractivity contribution in [3.8, 4) is 5.75 Å². The van der Waals surface area contributed by atoms with E-state index in [9.17, 15) is 0 Å². The van der Waals surface area contributed by atoms with Crippen molar-refractivity contribution in [3.63, 3.8) is 0 Å². The molecule has 21 heavy (non-hydrogen) atoms. The van der Waals surface area contributed by atoms with Crippen LogP contribution in [0.2, 0.25) is 0 Å². The Morgan fingerprint density at radius 2 is 2.14 bits per heavy atom. The van der Waals surface area contributed by atoms with Gasteiger partial charge >= 0.3 is 0 Å². The van der Waals surface area contributed by atoms with Gasteiger partial charge in [0.05, 0.1) is 17.8 Å². The summed E-state index contributed by atoms with van der Waals surface area (Å²) in [7, 11) is 1.72. The molecule has 0 aliphatic carbocycles.